The highest BCUT2D eigenvalue weighted by Gasteiger charge is 2.01. The van der Waals surface area contributed by atoms with E-state index < -0.39 is 0 Å². The maximum Gasteiger partial charge on any atom is 0.0702 e. The van der Waals surface area contributed by atoms with Crippen LogP contribution in [-0.4, -0.2) is 0 Å². The van der Waals surface area contributed by atoms with Gasteiger partial charge in [-0.25, -0.2) is 0 Å². The van der Waals surface area contributed by atoms with E-state index in [1.807, 2.05) is 0 Å². The summed E-state index contributed by atoms with van der Waals surface area (Å²) >= 11 is 5.25. The maximum absolute atomic E-state index is 3.48. The van der Waals surface area contributed by atoms with Crippen LogP contribution in [0.15, 0.2) is 40.2 Å². The molecule has 0 saturated carbocycles. The molecular formula is C14H16BrNS. The van der Waals surface area contributed by atoms with Crippen molar-refractivity contribution in [1.29, 1.82) is 0 Å². The lowest BCUT2D eigenvalue weighted by atomic mass is 10.0. The molecule has 1 heterocycles. The van der Waals surface area contributed by atoms with Crippen LogP contribution in [0.1, 0.15) is 30.2 Å². The van der Waals surface area contributed by atoms with E-state index in [-0.39, 0.29) is 0 Å². The fraction of sp³-hybridized carbons (Fsp3) is 0.286. The van der Waals surface area contributed by atoms with E-state index in [0.717, 1.165) is 6.54 Å². The van der Waals surface area contributed by atoms with E-state index in [1.54, 1.807) is 11.3 Å². The van der Waals surface area contributed by atoms with Crippen LogP contribution < -0.4 is 5.32 Å². The Labute approximate surface area is 115 Å². The lowest BCUT2D eigenvalue weighted by Crippen LogP contribution is -1.98. The van der Waals surface area contributed by atoms with Crippen molar-refractivity contribution in [2.24, 2.45) is 0 Å². The molecular weight excluding hydrogens is 294 g/mol. The highest BCUT2D eigenvalue weighted by molar-refractivity contribution is 9.11. The summed E-state index contributed by atoms with van der Waals surface area (Å²) < 4.78 is 1.19. The topological polar surface area (TPSA) is 12.0 Å². The van der Waals surface area contributed by atoms with Gasteiger partial charge in [0.2, 0.25) is 0 Å². The van der Waals surface area contributed by atoms with Gasteiger partial charge in [0.15, 0.2) is 0 Å². The highest BCUT2D eigenvalue weighted by atomic mass is 79.9. The van der Waals surface area contributed by atoms with Crippen molar-refractivity contribution < 1.29 is 0 Å². The second kappa shape index (κ2) is 5.69. The number of thiophene rings is 1. The van der Waals surface area contributed by atoms with E-state index in [4.69, 9.17) is 0 Å². The molecule has 1 aromatic carbocycles. The molecule has 1 nitrogen and oxygen atoms in total. The molecule has 0 aliphatic carbocycles. The summed E-state index contributed by atoms with van der Waals surface area (Å²) in [7, 11) is 0. The fourth-order valence-electron chi connectivity index (χ4n) is 1.64. The van der Waals surface area contributed by atoms with Gasteiger partial charge in [0.05, 0.1) is 3.79 Å². The smallest absolute Gasteiger partial charge is 0.0702 e. The predicted octanol–water partition coefficient (Wildman–Crippen LogP) is 5.25. The van der Waals surface area contributed by atoms with Crippen molar-refractivity contribution in [3.8, 4) is 0 Å². The second-order valence-corrected chi connectivity index (χ2v) is 6.89. The minimum atomic E-state index is 0.577. The van der Waals surface area contributed by atoms with Crippen molar-refractivity contribution in [3.05, 3.63) is 50.6 Å². The molecule has 0 radical (unpaired) electrons. The summed E-state index contributed by atoms with van der Waals surface area (Å²) in [5, 5.41) is 3.46. The summed E-state index contributed by atoms with van der Waals surface area (Å²) in [4.78, 5) is 1.34. The molecule has 3 heteroatoms. The van der Waals surface area contributed by atoms with Crippen molar-refractivity contribution in [2.75, 3.05) is 5.32 Å². The Kier molecular flexibility index (Phi) is 4.24. The Morgan fingerprint density at radius 2 is 2.06 bits per heavy atom. The van der Waals surface area contributed by atoms with Gasteiger partial charge in [0.1, 0.15) is 0 Å². The average molecular weight is 310 g/mol. The highest BCUT2D eigenvalue weighted by Crippen LogP contribution is 2.24. The summed E-state index contributed by atoms with van der Waals surface area (Å²) in [5.74, 6) is 0.577. The van der Waals surface area contributed by atoms with Crippen molar-refractivity contribution in [2.45, 2.75) is 26.3 Å². The van der Waals surface area contributed by atoms with Crippen LogP contribution in [0.4, 0.5) is 5.69 Å². The molecule has 17 heavy (non-hydrogen) atoms. The first-order chi connectivity index (χ1) is 8.15. The summed E-state index contributed by atoms with van der Waals surface area (Å²) in [6.45, 7) is 5.32. The van der Waals surface area contributed by atoms with Gasteiger partial charge < -0.3 is 5.32 Å². The third-order valence-corrected chi connectivity index (χ3v) is 4.27. The molecule has 90 valence electrons. The van der Waals surface area contributed by atoms with Crippen LogP contribution >= 0.6 is 27.3 Å². The maximum atomic E-state index is 3.48. The van der Waals surface area contributed by atoms with E-state index in [9.17, 15) is 0 Å². The molecule has 0 aliphatic rings. The third kappa shape index (κ3) is 3.58. The molecule has 0 unspecified atom stereocenters. The molecule has 2 rings (SSSR count). The van der Waals surface area contributed by atoms with Crippen LogP contribution in [-0.2, 0) is 6.54 Å². The van der Waals surface area contributed by atoms with Crippen molar-refractivity contribution in [3.63, 3.8) is 0 Å². The number of anilines is 1. The first-order valence-electron chi connectivity index (χ1n) is 5.73. The Hall–Kier alpha value is -0.800. The molecule has 1 N–H and O–H groups in total. The number of hydrogen-bond donors (Lipinski definition) is 1. The van der Waals surface area contributed by atoms with Crippen LogP contribution in [0.3, 0.4) is 0 Å². The molecule has 1 aromatic heterocycles. The van der Waals surface area contributed by atoms with Gasteiger partial charge in [0.25, 0.3) is 0 Å². The molecule has 2 aromatic rings. The number of hydrogen-bond acceptors (Lipinski definition) is 2. The summed E-state index contributed by atoms with van der Waals surface area (Å²) in [6, 6.07) is 12.9. The SMILES string of the molecule is CC(C)c1cccc(NCc2ccc(Br)s2)c1. The molecule has 0 spiro atoms. The summed E-state index contributed by atoms with van der Waals surface area (Å²) in [6.07, 6.45) is 0. The van der Waals surface area contributed by atoms with Gasteiger partial charge in [-0.1, -0.05) is 26.0 Å². The Morgan fingerprint density at radius 3 is 2.71 bits per heavy atom. The Bertz CT molecular complexity index is 490. The van der Waals surface area contributed by atoms with Gasteiger partial charge in [-0.2, -0.15) is 0 Å². The van der Waals surface area contributed by atoms with E-state index in [2.05, 4.69) is 71.5 Å². The van der Waals surface area contributed by atoms with Crippen LogP contribution in [0.2, 0.25) is 0 Å². The fourth-order valence-corrected chi connectivity index (χ4v) is 3.07. The lowest BCUT2D eigenvalue weighted by Gasteiger charge is -2.09. The molecule has 0 fully saturated rings. The lowest BCUT2D eigenvalue weighted by molar-refractivity contribution is 0.866. The van der Waals surface area contributed by atoms with Crippen LogP contribution in [0.25, 0.3) is 0 Å². The Balaban J connectivity index is 2.01. The zero-order chi connectivity index (χ0) is 12.3. The van der Waals surface area contributed by atoms with Gasteiger partial charge in [-0.3, -0.25) is 0 Å². The zero-order valence-corrected chi connectivity index (χ0v) is 12.4. The molecule has 0 amide bonds. The van der Waals surface area contributed by atoms with Crippen molar-refractivity contribution in [1.82, 2.24) is 0 Å². The van der Waals surface area contributed by atoms with E-state index in [0.29, 0.717) is 5.92 Å². The number of nitrogens with one attached hydrogen (secondary N) is 1. The zero-order valence-electron chi connectivity index (χ0n) is 10.0. The predicted molar refractivity (Wildman–Crippen MR) is 79.9 cm³/mol. The monoisotopic (exact) mass is 309 g/mol. The number of halogens is 1. The van der Waals surface area contributed by atoms with Gasteiger partial charge in [-0.15, -0.1) is 11.3 Å². The second-order valence-electron chi connectivity index (χ2n) is 4.34. The third-order valence-electron chi connectivity index (χ3n) is 2.65. The van der Waals surface area contributed by atoms with Crippen LogP contribution in [0, 0.1) is 0 Å². The molecule has 0 bridgehead atoms. The molecule has 0 atom stereocenters. The van der Waals surface area contributed by atoms with Crippen LogP contribution in [0.5, 0.6) is 0 Å². The summed E-state index contributed by atoms with van der Waals surface area (Å²) in [5.41, 5.74) is 2.57. The Morgan fingerprint density at radius 1 is 1.24 bits per heavy atom. The van der Waals surface area contributed by atoms with Gasteiger partial charge in [0, 0.05) is 17.1 Å². The minimum Gasteiger partial charge on any atom is -0.380 e. The van der Waals surface area contributed by atoms with Crippen molar-refractivity contribution >= 4 is 33.0 Å². The van der Waals surface area contributed by atoms with Gasteiger partial charge in [-0.05, 0) is 51.7 Å². The average Bonchev–Trinajstić information content (AvgIpc) is 2.73. The minimum absolute atomic E-state index is 0.577. The number of rotatable bonds is 4. The quantitative estimate of drug-likeness (QED) is 0.813. The van der Waals surface area contributed by atoms with E-state index in [1.165, 1.54) is 19.9 Å². The van der Waals surface area contributed by atoms with Gasteiger partial charge >= 0.3 is 0 Å². The first kappa shape index (κ1) is 12.7. The standard InChI is InChI=1S/C14H16BrNS/c1-10(2)11-4-3-5-12(8-11)16-9-13-6-7-14(15)17-13/h3-8,10,16H,9H2,1-2H3. The normalized spacial score (nSPS) is 10.8. The molecule has 0 aliphatic heterocycles. The largest absolute Gasteiger partial charge is 0.380 e. The molecule has 0 saturated heterocycles. The first-order valence-corrected chi connectivity index (χ1v) is 7.34. The number of benzene rings is 1. The van der Waals surface area contributed by atoms with E-state index >= 15 is 0 Å².